The van der Waals surface area contributed by atoms with Gasteiger partial charge in [-0.2, -0.15) is 0 Å². The van der Waals surface area contributed by atoms with Gasteiger partial charge in [0, 0.05) is 0 Å². The summed E-state index contributed by atoms with van der Waals surface area (Å²) in [5.74, 6) is -0.169. The van der Waals surface area contributed by atoms with Crippen LogP contribution in [-0.4, -0.2) is 55.9 Å². The average Bonchev–Trinajstić information content (AvgIpc) is 2.90. The predicted molar refractivity (Wildman–Crippen MR) is 160 cm³/mol. The molecule has 0 spiro atoms. The van der Waals surface area contributed by atoms with Crippen molar-refractivity contribution in [2.24, 2.45) is 0 Å². The van der Waals surface area contributed by atoms with Crippen LogP contribution >= 0.6 is 11.8 Å². The van der Waals surface area contributed by atoms with E-state index in [0.29, 0.717) is 27.8 Å². The minimum absolute atomic E-state index is 0.305. The van der Waals surface area contributed by atoms with Gasteiger partial charge in [-0.25, -0.2) is 9.59 Å². The van der Waals surface area contributed by atoms with Crippen LogP contribution in [0.1, 0.15) is 76.1 Å². The molecule has 3 rings (SSSR count). The van der Waals surface area contributed by atoms with E-state index in [1.54, 1.807) is 60.3 Å². The molecule has 5 atom stereocenters. The quantitative estimate of drug-likeness (QED) is 0.204. The van der Waals surface area contributed by atoms with E-state index in [0.717, 1.165) is 5.75 Å². The lowest BCUT2D eigenvalue weighted by Gasteiger charge is -2.51. The third-order valence-corrected chi connectivity index (χ3v) is 14.7. The molecule has 1 aliphatic heterocycles. The fourth-order valence-corrected chi connectivity index (χ4v) is 12.5. The van der Waals surface area contributed by atoms with Gasteiger partial charge in [0.25, 0.3) is 0 Å². The molecule has 1 fully saturated rings. The minimum Gasteiger partial charge on any atom is -0.452 e. The van der Waals surface area contributed by atoms with Crippen molar-refractivity contribution < 1.29 is 28.2 Å². The Kier molecular flexibility index (Phi) is 11.2. The molecule has 2 aromatic rings. The molecule has 1 heterocycles. The van der Waals surface area contributed by atoms with Gasteiger partial charge in [0.1, 0.15) is 11.5 Å². The Hall–Kier alpha value is -2.13. The van der Waals surface area contributed by atoms with E-state index in [2.05, 4.69) is 48.5 Å². The lowest BCUT2D eigenvalue weighted by molar-refractivity contribution is -0.190. The van der Waals surface area contributed by atoms with Gasteiger partial charge >= 0.3 is 11.9 Å². The first kappa shape index (κ1) is 31.4. The van der Waals surface area contributed by atoms with Gasteiger partial charge in [-0.05, 0) is 53.6 Å². The standard InChI is InChI=1S/C31H44O6SSi/c1-9-38-31-28(37-39(20(2)3,21(4)5)22(6)7)27(36-30(33)25-18-14-11-15-19-25)26(23(8)34-31)35-29(32)24-16-12-10-13-17-24/h10-23,26-28,31H,9H2,1-8H3/t23-,26+,27+,28-,31+/m0/s1. The highest BCUT2D eigenvalue weighted by atomic mass is 32.2. The van der Waals surface area contributed by atoms with E-state index >= 15 is 0 Å². The summed E-state index contributed by atoms with van der Waals surface area (Å²) in [6, 6.07) is 17.7. The first-order valence-corrected chi connectivity index (χ1v) is 17.2. The average molecular weight is 573 g/mol. The van der Waals surface area contributed by atoms with Crippen molar-refractivity contribution in [3.05, 3.63) is 71.8 Å². The number of thioether (sulfide) groups is 1. The van der Waals surface area contributed by atoms with Gasteiger partial charge < -0.3 is 18.6 Å². The number of carbonyl (C=O) groups excluding carboxylic acids is 2. The highest BCUT2D eigenvalue weighted by molar-refractivity contribution is 7.99. The van der Waals surface area contributed by atoms with Crippen LogP contribution in [-0.2, 0) is 18.6 Å². The van der Waals surface area contributed by atoms with Crippen molar-refractivity contribution in [2.75, 3.05) is 5.75 Å². The van der Waals surface area contributed by atoms with E-state index in [-0.39, 0.29) is 5.44 Å². The Morgan fingerprint density at radius 1 is 0.769 bits per heavy atom. The molecule has 39 heavy (non-hydrogen) atoms. The Labute approximate surface area is 239 Å². The topological polar surface area (TPSA) is 71.1 Å². The lowest BCUT2D eigenvalue weighted by Crippen LogP contribution is -2.63. The van der Waals surface area contributed by atoms with Crippen molar-refractivity contribution in [2.45, 2.75) is 102 Å². The number of benzene rings is 2. The van der Waals surface area contributed by atoms with E-state index in [1.165, 1.54) is 0 Å². The Morgan fingerprint density at radius 3 is 1.62 bits per heavy atom. The van der Waals surface area contributed by atoms with Crippen molar-refractivity contribution in [3.8, 4) is 0 Å². The summed E-state index contributed by atoms with van der Waals surface area (Å²) in [7, 11) is -2.44. The summed E-state index contributed by atoms with van der Waals surface area (Å²) in [5, 5.41) is 0. The van der Waals surface area contributed by atoms with Crippen molar-refractivity contribution >= 4 is 32.0 Å². The zero-order valence-corrected chi connectivity index (χ0v) is 26.3. The molecule has 0 radical (unpaired) electrons. The van der Waals surface area contributed by atoms with E-state index < -0.39 is 44.7 Å². The smallest absolute Gasteiger partial charge is 0.338 e. The second kappa shape index (κ2) is 14.0. The first-order chi connectivity index (χ1) is 18.5. The summed E-state index contributed by atoms with van der Waals surface area (Å²) in [4.78, 5) is 26.7. The molecular formula is C31H44O6SSi. The number of rotatable bonds is 11. The van der Waals surface area contributed by atoms with Crippen molar-refractivity contribution in [3.63, 3.8) is 0 Å². The summed E-state index contributed by atoms with van der Waals surface area (Å²) < 4.78 is 26.1. The molecule has 0 bridgehead atoms. The summed E-state index contributed by atoms with van der Waals surface area (Å²) >= 11 is 1.63. The number of esters is 2. The number of carbonyl (C=O) groups is 2. The highest BCUT2D eigenvalue weighted by Gasteiger charge is 2.55. The first-order valence-electron chi connectivity index (χ1n) is 14.0. The maximum atomic E-state index is 13.4. The molecule has 1 aliphatic rings. The fourth-order valence-electron chi connectivity index (χ4n) is 5.87. The largest absolute Gasteiger partial charge is 0.452 e. The number of hydrogen-bond acceptors (Lipinski definition) is 7. The van der Waals surface area contributed by atoms with Crippen LogP contribution in [0.15, 0.2) is 60.7 Å². The molecule has 0 aliphatic carbocycles. The molecule has 2 aromatic carbocycles. The minimum atomic E-state index is -2.44. The van der Waals surface area contributed by atoms with Gasteiger partial charge in [0.15, 0.2) is 12.2 Å². The zero-order valence-electron chi connectivity index (χ0n) is 24.5. The number of ether oxygens (including phenoxy) is 3. The van der Waals surface area contributed by atoms with E-state index in [9.17, 15) is 9.59 Å². The van der Waals surface area contributed by atoms with E-state index in [4.69, 9.17) is 18.6 Å². The van der Waals surface area contributed by atoms with Crippen molar-refractivity contribution in [1.82, 2.24) is 0 Å². The Bertz CT molecular complexity index is 1040. The molecular weight excluding hydrogens is 528 g/mol. The van der Waals surface area contributed by atoms with Gasteiger partial charge in [-0.15, -0.1) is 11.8 Å². The third-order valence-electron chi connectivity index (χ3n) is 7.61. The molecule has 0 amide bonds. The summed E-state index contributed by atoms with van der Waals surface area (Å²) in [6.45, 7) is 17.3. The van der Waals surface area contributed by atoms with Gasteiger partial charge in [-0.1, -0.05) is 84.9 Å². The van der Waals surface area contributed by atoms with Crippen LogP contribution in [0.5, 0.6) is 0 Å². The van der Waals surface area contributed by atoms with Gasteiger partial charge in [0.2, 0.25) is 8.32 Å². The molecule has 1 saturated heterocycles. The Morgan fingerprint density at radius 2 is 1.21 bits per heavy atom. The third kappa shape index (κ3) is 7.15. The zero-order chi connectivity index (χ0) is 28.7. The van der Waals surface area contributed by atoms with Crippen LogP contribution in [0.3, 0.4) is 0 Å². The molecule has 8 heteroatoms. The maximum Gasteiger partial charge on any atom is 0.338 e. The molecule has 0 N–H and O–H groups in total. The molecule has 0 aromatic heterocycles. The molecule has 214 valence electrons. The van der Waals surface area contributed by atoms with Crippen LogP contribution in [0.2, 0.25) is 16.6 Å². The van der Waals surface area contributed by atoms with E-state index in [1.807, 2.05) is 19.1 Å². The Balaban J connectivity index is 2.08. The van der Waals surface area contributed by atoms with Crippen LogP contribution in [0.25, 0.3) is 0 Å². The second-order valence-electron chi connectivity index (χ2n) is 11.0. The summed E-state index contributed by atoms with van der Waals surface area (Å²) in [5.41, 5.74) is 1.40. The molecule has 0 unspecified atom stereocenters. The maximum absolute atomic E-state index is 13.4. The summed E-state index contributed by atoms with van der Waals surface area (Å²) in [6.07, 6.45) is -2.81. The van der Waals surface area contributed by atoms with Crippen LogP contribution in [0, 0.1) is 0 Å². The molecule has 6 nitrogen and oxygen atoms in total. The SMILES string of the molecule is CCS[C@H]1O[C@@H](C)[C@@H](OC(=O)c2ccccc2)[C@@H](OC(=O)c2ccccc2)[C@@H]1O[Si](C(C)C)(C(C)C)C(C)C. The van der Waals surface area contributed by atoms with Crippen LogP contribution < -0.4 is 0 Å². The number of hydrogen-bond donors (Lipinski definition) is 0. The fraction of sp³-hybridized carbons (Fsp3) is 0.548. The monoisotopic (exact) mass is 572 g/mol. The van der Waals surface area contributed by atoms with Gasteiger partial charge in [-0.3, -0.25) is 0 Å². The van der Waals surface area contributed by atoms with Crippen molar-refractivity contribution in [1.29, 1.82) is 0 Å². The van der Waals surface area contributed by atoms with Crippen LogP contribution in [0.4, 0.5) is 0 Å². The highest BCUT2D eigenvalue weighted by Crippen LogP contribution is 2.46. The lowest BCUT2D eigenvalue weighted by atomic mass is 10.00. The molecule has 0 saturated carbocycles. The second-order valence-corrected chi connectivity index (χ2v) is 17.8. The van der Waals surface area contributed by atoms with Gasteiger partial charge in [0.05, 0.1) is 17.2 Å². The predicted octanol–water partition coefficient (Wildman–Crippen LogP) is 7.50. The normalized spacial score (nSPS) is 23.7.